The largest absolute Gasteiger partial charge is 0.507 e. The third-order valence-electron chi connectivity index (χ3n) is 4.50. The molecule has 29 heavy (non-hydrogen) atoms. The summed E-state index contributed by atoms with van der Waals surface area (Å²) in [5.41, 5.74) is 2.13. The van der Waals surface area contributed by atoms with Crippen LogP contribution >= 0.6 is 0 Å². The highest BCUT2D eigenvalue weighted by molar-refractivity contribution is 5.87. The van der Waals surface area contributed by atoms with Crippen LogP contribution in [0.1, 0.15) is 58.2 Å². The van der Waals surface area contributed by atoms with Crippen molar-refractivity contribution in [3.63, 3.8) is 0 Å². The van der Waals surface area contributed by atoms with Gasteiger partial charge in [0.1, 0.15) is 24.7 Å². The lowest BCUT2D eigenvalue weighted by molar-refractivity contribution is -0.138. The number of carbonyl (C=O) groups is 1. The number of rotatable bonds is 6. The van der Waals surface area contributed by atoms with E-state index in [9.17, 15) is 9.90 Å². The van der Waals surface area contributed by atoms with Crippen molar-refractivity contribution >= 4 is 12.0 Å². The second-order valence-corrected chi connectivity index (χ2v) is 9.13. The SMILES string of the molecule is CC(C)(C)c1cc(C=CC(=O)OCCOc2ccccc2)cc(C(C)(C)C)c1O. The summed E-state index contributed by atoms with van der Waals surface area (Å²) in [6.45, 7) is 12.8. The predicted octanol–water partition coefficient (Wildman–Crippen LogP) is 5.62. The normalized spacial score (nSPS) is 12.2. The number of benzene rings is 2. The van der Waals surface area contributed by atoms with Crippen LogP contribution in [-0.2, 0) is 20.4 Å². The van der Waals surface area contributed by atoms with Crippen LogP contribution in [0.15, 0.2) is 48.5 Å². The van der Waals surface area contributed by atoms with Crippen LogP contribution in [0, 0.1) is 0 Å². The number of para-hydroxylation sites is 1. The molecule has 2 aromatic rings. The molecule has 0 heterocycles. The Balaban J connectivity index is 2.05. The Labute approximate surface area is 174 Å². The summed E-state index contributed by atoms with van der Waals surface area (Å²) in [7, 11) is 0. The van der Waals surface area contributed by atoms with Gasteiger partial charge >= 0.3 is 5.97 Å². The Morgan fingerprint density at radius 3 is 2.00 bits per heavy atom. The molecule has 0 aromatic heterocycles. The minimum Gasteiger partial charge on any atom is -0.507 e. The highest BCUT2D eigenvalue weighted by Gasteiger charge is 2.26. The van der Waals surface area contributed by atoms with Crippen molar-refractivity contribution in [3.8, 4) is 11.5 Å². The molecule has 0 amide bonds. The smallest absolute Gasteiger partial charge is 0.330 e. The average molecular weight is 397 g/mol. The number of ether oxygens (including phenoxy) is 2. The van der Waals surface area contributed by atoms with E-state index in [4.69, 9.17) is 9.47 Å². The van der Waals surface area contributed by atoms with Crippen molar-refractivity contribution < 1.29 is 19.4 Å². The monoisotopic (exact) mass is 396 g/mol. The Morgan fingerprint density at radius 2 is 1.48 bits per heavy atom. The van der Waals surface area contributed by atoms with Crippen LogP contribution in [0.3, 0.4) is 0 Å². The van der Waals surface area contributed by atoms with Gasteiger partial charge in [-0.25, -0.2) is 4.79 Å². The summed E-state index contributed by atoms with van der Waals surface area (Å²) in [6, 6.07) is 13.2. The van der Waals surface area contributed by atoms with Gasteiger partial charge in [-0.05, 0) is 46.7 Å². The zero-order valence-corrected chi connectivity index (χ0v) is 18.3. The van der Waals surface area contributed by atoms with Crippen LogP contribution in [0.2, 0.25) is 0 Å². The van der Waals surface area contributed by atoms with Gasteiger partial charge in [-0.15, -0.1) is 0 Å². The van der Waals surface area contributed by atoms with Gasteiger partial charge in [0.25, 0.3) is 0 Å². The molecule has 0 aliphatic heterocycles. The van der Waals surface area contributed by atoms with Gasteiger partial charge in [-0.1, -0.05) is 59.7 Å². The van der Waals surface area contributed by atoms with E-state index < -0.39 is 5.97 Å². The first-order chi connectivity index (χ1) is 13.5. The quantitative estimate of drug-likeness (QED) is 0.391. The molecule has 2 rings (SSSR count). The lowest BCUT2D eigenvalue weighted by Gasteiger charge is -2.27. The molecule has 0 bridgehead atoms. The van der Waals surface area contributed by atoms with E-state index in [1.54, 1.807) is 6.08 Å². The summed E-state index contributed by atoms with van der Waals surface area (Å²) in [4.78, 5) is 12.0. The maximum atomic E-state index is 12.0. The molecule has 156 valence electrons. The molecular weight excluding hydrogens is 364 g/mol. The second-order valence-electron chi connectivity index (χ2n) is 9.13. The van der Waals surface area contributed by atoms with Crippen molar-refractivity contribution in [2.45, 2.75) is 52.4 Å². The number of phenolic OH excluding ortho intramolecular Hbond substituents is 1. The van der Waals surface area contributed by atoms with Crippen LogP contribution in [-0.4, -0.2) is 24.3 Å². The molecule has 1 N–H and O–H groups in total. The van der Waals surface area contributed by atoms with E-state index in [1.807, 2.05) is 42.5 Å². The molecule has 0 atom stereocenters. The van der Waals surface area contributed by atoms with Gasteiger partial charge in [0.05, 0.1) is 0 Å². The molecule has 0 aliphatic carbocycles. The minimum atomic E-state index is -0.427. The molecular formula is C25H32O4. The molecule has 0 fully saturated rings. The summed E-state index contributed by atoms with van der Waals surface area (Å²) in [5.74, 6) is 0.639. The first kappa shape index (κ1) is 22.5. The summed E-state index contributed by atoms with van der Waals surface area (Å²) in [5, 5.41) is 10.8. The van der Waals surface area contributed by atoms with E-state index in [0.717, 1.165) is 22.4 Å². The van der Waals surface area contributed by atoms with Crippen LogP contribution in [0.5, 0.6) is 11.5 Å². The number of hydrogen-bond acceptors (Lipinski definition) is 4. The van der Waals surface area contributed by atoms with E-state index in [2.05, 4.69) is 41.5 Å². The fourth-order valence-corrected chi connectivity index (χ4v) is 2.93. The Hall–Kier alpha value is -2.75. The molecule has 4 heteroatoms. The Kier molecular flexibility index (Phi) is 7.12. The minimum absolute atomic E-state index is 0.175. The van der Waals surface area contributed by atoms with Crippen molar-refractivity contribution in [3.05, 3.63) is 65.2 Å². The third kappa shape index (κ3) is 6.67. The summed E-state index contributed by atoms with van der Waals surface area (Å²) >= 11 is 0. The lowest BCUT2D eigenvalue weighted by atomic mass is 9.78. The number of phenols is 1. The average Bonchev–Trinajstić information content (AvgIpc) is 2.63. The fourth-order valence-electron chi connectivity index (χ4n) is 2.93. The first-order valence-corrected chi connectivity index (χ1v) is 9.89. The Morgan fingerprint density at radius 1 is 0.931 bits per heavy atom. The number of carbonyl (C=O) groups excluding carboxylic acids is 1. The number of aromatic hydroxyl groups is 1. The second kappa shape index (κ2) is 9.17. The number of esters is 1. The maximum absolute atomic E-state index is 12.0. The van der Waals surface area contributed by atoms with Crippen molar-refractivity contribution in [2.75, 3.05) is 13.2 Å². The van der Waals surface area contributed by atoms with Gasteiger partial charge in [0.2, 0.25) is 0 Å². The predicted molar refractivity (Wildman–Crippen MR) is 117 cm³/mol. The standard InChI is InChI=1S/C25H32O4/c1-24(2,3)20-16-18(17-21(23(20)27)25(4,5)6)12-13-22(26)29-15-14-28-19-10-8-7-9-11-19/h7-13,16-17,27H,14-15H2,1-6H3. The zero-order chi connectivity index (χ0) is 21.7. The molecule has 0 aliphatic rings. The van der Waals surface area contributed by atoms with Gasteiger partial charge in [0, 0.05) is 17.2 Å². The van der Waals surface area contributed by atoms with Crippen LogP contribution in [0.4, 0.5) is 0 Å². The highest BCUT2D eigenvalue weighted by Crippen LogP contribution is 2.40. The van der Waals surface area contributed by atoms with Gasteiger partial charge < -0.3 is 14.6 Å². The molecule has 0 saturated heterocycles. The van der Waals surface area contributed by atoms with E-state index in [0.29, 0.717) is 12.4 Å². The Bertz CT molecular complexity index is 818. The van der Waals surface area contributed by atoms with Gasteiger partial charge in [-0.3, -0.25) is 0 Å². The molecule has 0 unspecified atom stereocenters. The van der Waals surface area contributed by atoms with E-state index in [-0.39, 0.29) is 17.4 Å². The first-order valence-electron chi connectivity index (χ1n) is 9.89. The summed E-state index contributed by atoms with van der Waals surface area (Å²) in [6.07, 6.45) is 3.14. The topological polar surface area (TPSA) is 55.8 Å². The van der Waals surface area contributed by atoms with Crippen molar-refractivity contribution in [1.29, 1.82) is 0 Å². The maximum Gasteiger partial charge on any atom is 0.330 e. The van der Waals surface area contributed by atoms with Crippen molar-refractivity contribution in [1.82, 2.24) is 0 Å². The van der Waals surface area contributed by atoms with Crippen molar-refractivity contribution in [2.24, 2.45) is 0 Å². The molecule has 2 aromatic carbocycles. The molecule has 0 saturated carbocycles. The highest BCUT2D eigenvalue weighted by atomic mass is 16.6. The lowest BCUT2D eigenvalue weighted by Crippen LogP contribution is -2.17. The summed E-state index contributed by atoms with van der Waals surface area (Å²) < 4.78 is 10.7. The van der Waals surface area contributed by atoms with Gasteiger partial charge in [0.15, 0.2) is 0 Å². The fraction of sp³-hybridized carbons (Fsp3) is 0.400. The molecule has 0 radical (unpaired) electrons. The number of hydrogen-bond donors (Lipinski definition) is 1. The molecule has 4 nitrogen and oxygen atoms in total. The van der Waals surface area contributed by atoms with Crippen LogP contribution < -0.4 is 4.74 Å². The van der Waals surface area contributed by atoms with Gasteiger partial charge in [-0.2, -0.15) is 0 Å². The zero-order valence-electron chi connectivity index (χ0n) is 18.3. The van der Waals surface area contributed by atoms with Crippen LogP contribution in [0.25, 0.3) is 6.08 Å². The molecule has 0 spiro atoms. The third-order valence-corrected chi connectivity index (χ3v) is 4.50. The van der Waals surface area contributed by atoms with E-state index >= 15 is 0 Å². The van der Waals surface area contributed by atoms with E-state index in [1.165, 1.54) is 6.08 Å².